The highest BCUT2D eigenvalue weighted by atomic mass is 35.5. The van der Waals surface area contributed by atoms with Crippen LogP contribution in [-0.2, 0) is 11.3 Å². The zero-order valence-electron chi connectivity index (χ0n) is 6.96. The molecule has 3 nitrogen and oxygen atoms in total. The Bertz CT molecular complexity index is 301. The maximum Gasteiger partial charge on any atom is 0.317 e. The van der Waals surface area contributed by atoms with Crippen LogP contribution < -0.4 is 5.32 Å². The summed E-state index contributed by atoms with van der Waals surface area (Å²) in [5, 5.41) is 11.8. The van der Waals surface area contributed by atoms with Gasteiger partial charge in [-0.25, -0.2) is 0 Å². The Morgan fingerprint density at radius 3 is 2.77 bits per heavy atom. The van der Waals surface area contributed by atoms with Crippen LogP contribution in [0.3, 0.4) is 0 Å². The van der Waals surface area contributed by atoms with Crippen molar-refractivity contribution in [3.8, 4) is 0 Å². The van der Waals surface area contributed by atoms with Crippen molar-refractivity contribution in [2.75, 3.05) is 6.54 Å². The molecular formula is C9H10ClNO2. The maximum absolute atomic E-state index is 10.2. The molecule has 0 aliphatic heterocycles. The molecule has 0 aromatic heterocycles. The first kappa shape index (κ1) is 10.0. The predicted molar refractivity (Wildman–Crippen MR) is 50.8 cm³/mol. The van der Waals surface area contributed by atoms with Gasteiger partial charge in [-0.1, -0.05) is 29.8 Å². The number of benzene rings is 1. The van der Waals surface area contributed by atoms with Crippen molar-refractivity contribution in [2.24, 2.45) is 0 Å². The SMILES string of the molecule is O=C(O)CNCc1ccccc1Cl. The van der Waals surface area contributed by atoms with E-state index in [-0.39, 0.29) is 6.54 Å². The molecule has 1 rings (SSSR count). The molecule has 0 bridgehead atoms. The minimum absolute atomic E-state index is 0.0504. The third kappa shape index (κ3) is 3.44. The largest absolute Gasteiger partial charge is 0.480 e. The van der Waals surface area contributed by atoms with Gasteiger partial charge in [0.15, 0.2) is 0 Å². The van der Waals surface area contributed by atoms with Crippen molar-refractivity contribution < 1.29 is 9.90 Å². The summed E-state index contributed by atoms with van der Waals surface area (Å²) >= 11 is 5.85. The van der Waals surface area contributed by atoms with E-state index in [4.69, 9.17) is 16.7 Å². The standard InChI is InChI=1S/C9H10ClNO2/c10-8-4-2-1-3-7(8)5-11-6-9(12)13/h1-4,11H,5-6H2,(H,12,13). The number of hydrogen-bond acceptors (Lipinski definition) is 2. The maximum atomic E-state index is 10.2. The summed E-state index contributed by atoms with van der Waals surface area (Å²) < 4.78 is 0. The molecule has 0 unspecified atom stereocenters. The van der Waals surface area contributed by atoms with Crippen LogP contribution in [0.4, 0.5) is 0 Å². The summed E-state index contributed by atoms with van der Waals surface area (Å²) in [6.45, 7) is 0.428. The minimum atomic E-state index is -0.868. The van der Waals surface area contributed by atoms with Gasteiger partial charge in [0, 0.05) is 11.6 Å². The quantitative estimate of drug-likeness (QED) is 0.773. The fraction of sp³-hybridized carbons (Fsp3) is 0.222. The van der Waals surface area contributed by atoms with Gasteiger partial charge in [-0.3, -0.25) is 4.79 Å². The van der Waals surface area contributed by atoms with Crippen LogP contribution in [0, 0.1) is 0 Å². The second-order valence-electron chi connectivity index (χ2n) is 2.59. The van der Waals surface area contributed by atoms with Crippen LogP contribution in [0.25, 0.3) is 0 Å². The van der Waals surface area contributed by atoms with E-state index in [0.29, 0.717) is 11.6 Å². The zero-order valence-corrected chi connectivity index (χ0v) is 7.71. The number of nitrogens with one attached hydrogen (secondary N) is 1. The molecule has 1 aromatic rings. The van der Waals surface area contributed by atoms with E-state index >= 15 is 0 Å². The summed E-state index contributed by atoms with van der Waals surface area (Å²) in [4.78, 5) is 10.2. The Labute approximate surface area is 81.3 Å². The molecular weight excluding hydrogens is 190 g/mol. The van der Waals surface area contributed by atoms with Crippen molar-refractivity contribution in [1.82, 2.24) is 5.32 Å². The third-order valence-corrected chi connectivity index (χ3v) is 1.92. The lowest BCUT2D eigenvalue weighted by molar-refractivity contribution is -0.135. The molecule has 13 heavy (non-hydrogen) atoms. The molecule has 0 saturated heterocycles. The minimum Gasteiger partial charge on any atom is -0.480 e. The molecule has 4 heteroatoms. The molecule has 2 N–H and O–H groups in total. The Morgan fingerprint density at radius 2 is 2.15 bits per heavy atom. The van der Waals surface area contributed by atoms with Crippen LogP contribution in [0.1, 0.15) is 5.56 Å². The summed E-state index contributed by atoms with van der Waals surface area (Å²) in [5.41, 5.74) is 0.908. The Kier molecular flexibility index (Phi) is 3.73. The lowest BCUT2D eigenvalue weighted by atomic mass is 10.2. The molecule has 0 atom stereocenters. The first-order chi connectivity index (χ1) is 6.20. The summed E-state index contributed by atoms with van der Waals surface area (Å²) in [6, 6.07) is 7.34. The van der Waals surface area contributed by atoms with E-state index < -0.39 is 5.97 Å². The number of rotatable bonds is 4. The van der Waals surface area contributed by atoms with Crippen molar-refractivity contribution in [3.05, 3.63) is 34.9 Å². The zero-order chi connectivity index (χ0) is 9.68. The predicted octanol–water partition coefficient (Wildman–Crippen LogP) is 1.51. The van der Waals surface area contributed by atoms with Crippen LogP contribution in [-0.4, -0.2) is 17.6 Å². The monoisotopic (exact) mass is 199 g/mol. The van der Waals surface area contributed by atoms with E-state index in [2.05, 4.69) is 5.32 Å². The van der Waals surface area contributed by atoms with E-state index in [1.54, 1.807) is 6.07 Å². The van der Waals surface area contributed by atoms with Crippen LogP contribution >= 0.6 is 11.6 Å². The number of carbonyl (C=O) groups is 1. The second kappa shape index (κ2) is 4.84. The summed E-state index contributed by atoms with van der Waals surface area (Å²) in [6.07, 6.45) is 0. The first-order valence-corrected chi connectivity index (χ1v) is 4.24. The van der Waals surface area contributed by atoms with Crippen LogP contribution in [0.5, 0.6) is 0 Å². The topological polar surface area (TPSA) is 49.3 Å². The average Bonchev–Trinajstić information content (AvgIpc) is 2.08. The second-order valence-corrected chi connectivity index (χ2v) is 3.00. The normalized spacial score (nSPS) is 9.92. The third-order valence-electron chi connectivity index (χ3n) is 1.55. The van der Waals surface area contributed by atoms with Gasteiger partial charge in [0.1, 0.15) is 0 Å². The molecule has 0 amide bonds. The Morgan fingerprint density at radius 1 is 1.46 bits per heavy atom. The van der Waals surface area contributed by atoms with Gasteiger partial charge in [-0.2, -0.15) is 0 Å². The number of halogens is 1. The van der Waals surface area contributed by atoms with Crippen LogP contribution in [0.15, 0.2) is 24.3 Å². The lowest BCUT2D eigenvalue weighted by Crippen LogP contribution is -2.21. The fourth-order valence-electron chi connectivity index (χ4n) is 0.946. The molecule has 0 spiro atoms. The van der Waals surface area contributed by atoms with Gasteiger partial charge < -0.3 is 10.4 Å². The Balaban J connectivity index is 2.45. The molecule has 70 valence electrons. The van der Waals surface area contributed by atoms with Crippen LogP contribution in [0.2, 0.25) is 5.02 Å². The highest BCUT2D eigenvalue weighted by Crippen LogP contribution is 2.13. The number of carboxylic acids is 1. The first-order valence-electron chi connectivity index (χ1n) is 3.86. The molecule has 0 radical (unpaired) electrons. The lowest BCUT2D eigenvalue weighted by Gasteiger charge is -2.03. The molecule has 0 heterocycles. The van der Waals surface area contributed by atoms with E-state index in [9.17, 15) is 4.79 Å². The van der Waals surface area contributed by atoms with Crippen molar-refractivity contribution in [2.45, 2.75) is 6.54 Å². The van der Waals surface area contributed by atoms with Gasteiger partial charge >= 0.3 is 5.97 Å². The van der Waals surface area contributed by atoms with Gasteiger partial charge in [-0.15, -0.1) is 0 Å². The molecule has 0 aliphatic carbocycles. The van der Waals surface area contributed by atoms with E-state index in [1.165, 1.54) is 0 Å². The number of aliphatic carboxylic acids is 1. The molecule has 0 aliphatic rings. The molecule has 0 fully saturated rings. The van der Waals surface area contributed by atoms with E-state index in [1.807, 2.05) is 18.2 Å². The highest BCUT2D eigenvalue weighted by molar-refractivity contribution is 6.31. The Hall–Kier alpha value is -1.06. The van der Waals surface area contributed by atoms with Crippen molar-refractivity contribution >= 4 is 17.6 Å². The van der Waals surface area contributed by atoms with Crippen molar-refractivity contribution in [1.29, 1.82) is 0 Å². The number of carboxylic acid groups (broad SMARTS) is 1. The number of hydrogen-bond donors (Lipinski definition) is 2. The molecule has 0 saturated carbocycles. The summed E-state index contributed by atoms with van der Waals surface area (Å²) in [7, 11) is 0. The summed E-state index contributed by atoms with van der Waals surface area (Å²) in [5.74, 6) is -0.868. The van der Waals surface area contributed by atoms with Gasteiger partial charge in [0.2, 0.25) is 0 Å². The average molecular weight is 200 g/mol. The van der Waals surface area contributed by atoms with Gasteiger partial charge in [0.05, 0.1) is 6.54 Å². The van der Waals surface area contributed by atoms with E-state index in [0.717, 1.165) is 5.56 Å². The smallest absolute Gasteiger partial charge is 0.317 e. The van der Waals surface area contributed by atoms with Gasteiger partial charge in [-0.05, 0) is 11.6 Å². The van der Waals surface area contributed by atoms with Crippen molar-refractivity contribution in [3.63, 3.8) is 0 Å². The molecule has 1 aromatic carbocycles. The highest BCUT2D eigenvalue weighted by Gasteiger charge is 1.99. The van der Waals surface area contributed by atoms with Gasteiger partial charge in [0.25, 0.3) is 0 Å². The fourth-order valence-corrected chi connectivity index (χ4v) is 1.15.